The van der Waals surface area contributed by atoms with Crippen LogP contribution in [-0.2, 0) is 10.0 Å². The van der Waals surface area contributed by atoms with Gasteiger partial charge < -0.3 is 5.11 Å². The summed E-state index contributed by atoms with van der Waals surface area (Å²) >= 11 is 1.82. The summed E-state index contributed by atoms with van der Waals surface area (Å²) < 4.78 is 27.2. The van der Waals surface area contributed by atoms with E-state index in [2.05, 4.69) is 16.6 Å². The van der Waals surface area contributed by atoms with Gasteiger partial charge >= 0.3 is 0 Å². The molecule has 1 fully saturated rings. The molecule has 1 aliphatic rings. The number of aliphatic hydroxyl groups is 1. The zero-order valence-corrected chi connectivity index (χ0v) is 13.6. The Hall–Kier alpha value is -1.00. The van der Waals surface area contributed by atoms with Gasteiger partial charge in [0.1, 0.15) is 6.61 Å². The van der Waals surface area contributed by atoms with E-state index in [4.69, 9.17) is 5.11 Å². The summed E-state index contributed by atoms with van der Waals surface area (Å²) in [5, 5.41) is 9.08. The lowest BCUT2D eigenvalue weighted by atomic mass is 10.1. The van der Waals surface area contributed by atoms with Crippen LogP contribution in [0.2, 0.25) is 0 Å². The van der Waals surface area contributed by atoms with Crippen molar-refractivity contribution in [2.24, 2.45) is 0 Å². The third kappa shape index (κ3) is 4.48. The van der Waals surface area contributed by atoms with Crippen molar-refractivity contribution >= 4 is 21.8 Å². The molecule has 0 aliphatic carbocycles. The first kappa shape index (κ1) is 16.4. The molecule has 1 aromatic carbocycles. The van der Waals surface area contributed by atoms with Gasteiger partial charge in [-0.2, -0.15) is 11.8 Å². The summed E-state index contributed by atoms with van der Waals surface area (Å²) in [6, 6.07) is 4.85. The van der Waals surface area contributed by atoms with Gasteiger partial charge in [0.15, 0.2) is 0 Å². The maximum absolute atomic E-state index is 12.3. The number of aryl methyl sites for hydroxylation is 1. The van der Waals surface area contributed by atoms with E-state index in [0.29, 0.717) is 11.8 Å². The van der Waals surface area contributed by atoms with E-state index in [1.165, 1.54) is 0 Å². The van der Waals surface area contributed by atoms with Gasteiger partial charge in [-0.3, -0.25) is 0 Å². The molecule has 0 radical (unpaired) electrons. The topological polar surface area (TPSA) is 66.4 Å². The summed E-state index contributed by atoms with van der Waals surface area (Å²) in [5.41, 5.74) is 1.52. The van der Waals surface area contributed by atoms with Gasteiger partial charge in [0.25, 0.3) is 0 Å². The number of hydrogen-bond acceptors (Lipinski definition) is 4. The Balaban J connectivity index is 2.10. The Labute approximate surface area is 130 Å². The van der Waals surface area contributed by atoms with Gasteiger partial charge in [0.05, 0.1) is 4.90 Å². The molecular formula is C15H19NO3S2. The molecule has 0 spiro atoms. The average molecular weight is 325 g/mol. The van der Waals surface area contributed by atoms with Crippen LogP contribution in [0.3, 0.4) is 0 Å². The molecule has 2 rings (SSSR count). The maximum Gasteiger partial charge on any atom is 0.240 e. The van der Waals surface area contributed by atoms with Crippen LogP contribution in [0.25, 0.3) is 0 Å². The second-order valence-corrected chi connectivity index (χ2v) is 8.10. The van der Waals surface area contributed by atoms with Crippen molar-refractivity contribution in [1.29, 1.82) is 0 Å². The van der Waals surface area contributed by atoms with E-state index in [1.807, 2.05) is 18.7 Å². The maximum atomic E-state index is 12.3. The molecule has 6 heteroatoms. The third-order valence-corrected chi connectivity index (χ3v) is 6.15. The molecule has 114 valence electrons. The first-order chi connectivity index (χ1) is 10.0. The molecule has 0 bridgehead atoms. The lowest BCUT2D eigenvalue weighted by Gasteiger charge is -2.11. The molecule has 1 heterocycles. The molecule has 1 saturated heterocycles. The Kier molecular flexibility index (Phi) is 5.71. The van der Waals surface area contributed by atoms with Crippen molar-refractivity contribution in [1.82, 2.24) is 4.72 Å². The second-order valence-electron chi connectivity index (χ2n) is 4.92. The number of nitrogens with one attached hydrogen (secondary N) is 1. The van der Waals surface area contributed by atoms with Crippen molar-refractivity contribution in [3.05, 3.63) is 29.3 Å². The van der Waals surface area contributed by atoms with Crippen LogP contribution in [0.4, 0.5) is 0 Å². The van der Waals surface area contributed by atoms with E-state index in [0.717, 1.165) is 29.7 Å². The summed E-state index contributed by atoms with van der Waals surface area (Å²) in [7, 11) is -3.47. The number of benzene rings is 1. The fraction of sp³-hybridized carbons (Fsp3) is 0.467. The predicted octanol–water partition coefficient (Wildman–Crippen LogP) is 1.51. The molecule has 1 aliphatic heterocycles. The highest BCUT2D eigenvalue weighted by molar-refractivity contribution is 8.00. The Morgan fingerprint density at radius 2 is 2.29 bits per heavy atom. The quantitative estimate of drug-likeness (QED) is 0.824. The third-order valence-electron chi connectivity index (χ3n) is 3.34. The zero-order valence-electron chi connectivity index (χ0n) is 11.9. The van der Waals surface area contributed by atoms with Crippen LogP contribution in [-0.4, -0.2) is 37.7 Å². The Morgan fingerprint density at radius 1 is 1.48 bits per heavy atom. The standard InChI is InChI=1S/C15H19NO3S2/c1-12-10-15(7-6-13(12)4-2-8-17)21(18,19)16-11-14-5-3-9-20-14/h6-7,10,14,16-17H,3,5,8-9,11H2,1H3. The van der Waals surface area contributed by atoms with Gasteiger partial charge in [-0.25, -0.2) is 13.1 Å². The molecule has 0 saturated carbocycles. The van der Waals surface area contributed by atoms with Crippen LogP contribution < -0.4 is 4.72 Å². The van der Waals surface area contributed by atoms with E-state index in [9.17, 15) is 8.42 Å². The fourth-order valence-corrected chi connectivity index (χ4v) is 4.64. The number of sulfonamides is 1. The fourth-order valence-electron chi connectivity index (χ4n) is 2.17. The monoisotopic (exact) mass is 325 g/mol. The molecule has 21 heavy (non-hydrogen) atoms. The number of thioether (sulfide) groups is 1. The van der Waals surface area contributed by atoms with E-state index >= 15 is 0 Å². The average Bonchev–Trinajstić information content (AvgIpc) is 2.97. The molecule has 0 aromatic heterocycles. The van der Waals surface area contributed by atoms with Crippen molar-refractivity contribution in [3.8, 4) is 11.8 Å². The van der Waals surface area contributed by atoms with E-state index in [1.54, 1.807) is 18.2 Å². The van der Waals surface area contributed by atoms with Crippen LogP contribution in [0.5, 0.6) is 0 Å². The first-order valence-corrected chi connectivity index (χ1v) is 9.38. The SMILES string of the molecule is Cc1cc(S(=O)(=O)NCC2CCCS2)ccc1C#CCO. The lowest BCUT2D eigenvalue weighted by Crippen LogP contribution is -2.29. The predicted molar refractivity (Wildman–Crippen MR) is 85.8 cm³/mol. The molecule has 1 aromatic rings. The van der Waals surface area contributed by atoms with Crippen molar-refractivity contribution in [2.45, 2.75) is 29.9 Å². The van der Waals surface area contributed by atoms with E-state index in [-0.39, 0.29) is 11.5 Å². The molecule has 4 nitrogen and oxygen atoms in total. The zero-order chi connectivity index (χ0) is 15.3. The highest BCUT2D eigenvalue weighted by Gasteiger charge is 2.20. The first-order valence-electron chi connectivity index (χ1n) is 6.84. The van der Waals surface area contributed by atoms with Crippen molar-refractivity contribution in [3.63, 3.8) is 0 Å². The summed E-state index contributed by atoms with van der Waals surface area (Å²) in [6.07, 6.45) is 2.23. The highest BCUT2D eigenvalue weighted by atomic mass is 32.2. The minimum absolute atomic E-state index is 0.208. The lowest BCUT2D eigenvalue weighted by molar-refractivity contribution is 0.350. The van der Waals surface area contributed by atoms with Crippen LogP contribution in [0, 0.1) is 18.8 Å². The van der Waals surface area contributed by atoms with Gasteiger partial charge in [0.2, 0.25) is 10.0 Å². The van der Waals surface area contributed by atoms with Crippen molar-refractivity contribution < 1.29 is 13.5 Å². The Morgan fingerprint density at radius 3 is 2.90 bits per heavy atom. The minimum Gasteiger partial charge on any atom is -0.384 e. The number of rotatable bonds is 4. The van der Waals surface area contributed by atoms with Crippen LogP contribution in [0.15, 0.2) is 23.1 Å². The molecule has 1 atom stereocenters. The van der Waals surface area contributed by atoms with E-state index < -0.39 is 10.0 Å². The minimum atomic E-state index is -3.47. The van der Waals surface area contributed by atoms with Gasteiger partial charge in [-0.15, -0.1) is 0 Å². The summed E-state index contributed by atoms with van der Waals surface area (Å²) in [5.74, 6) is 6.48. The molecule has 0 amide bonds. The smallest absolute Gasteiger partial charge is 0.240 e. The summed E-state index contributed by atoms with van der Waals surface area (Å²) in [4.78, 5) is 0.262. The largest absolute Gasteiger partial charge is 0.384 e. The van der Waals surface area contributed by atoms with Gasteiger partial charge in [-0.1, -0.05) is 11.8 Å². The van der Waals surface area contributed by atoms with Crippen LogP contribution >= 0.6 is 11.8 Å². The van der Waals surface area contributed by atoms with Gasteiger partial charge in [0, 0.05) is 17.4 Å². The molecule has 1 unspecified atom stereocenters. The Bertz CT molecular complexity index is 653. The summed E-state index contributed by atoms with van der Waals surface area (Å²) in [6.45, 7) is 2.09. The number of hydrogen-bond donors (Lipinski definition) is 2. The normalized spacial score (nSPS) is 18.3. The highest BCUT2D eigenvalue weighted by Crippen LogP contribution is 2.25. The number of aliphatic hydroxyl groups excluding tert-OH is 1. The van der Waals surface area contributed by atoms with Crippen molar-refractivity contribution in [2.75, 3.05) is 18.9 Å². The molecular weight excluding hydrogens is 306 g/mol. The molecule has 2 N–H and O–H groups in total. The van der Waals surface area contributed by atoms with Crippen LogP contribution in [0.1, 0.15) is 24.0 Å². The van der Waals surface area contributed by atoms with Gasteiger partial charge in [-0.05, 0) is 49.3 Å². The second kappa shape index (κ2) is 7.32.